The van der Waals surface area contributed by atoms with Crippen LogP contribution in [0.3, 0.4) is 0 Å². The summed E-state index contributed by atoms with van der Waals surface area (Å²) < 4.78 is 13.2. The molecule has 0 radical (unpaired) electrons. The highest BCUT2D eigenvalue weighted by Gasteiger charge is 2.36. The molecule has 1 saturated heterocycles. The predicted octanol–water partition coefficient (Wildman–Crippen LogP) is 4.90. The van der Waals surface area contributed by atoms with Crippen molar-refractivity contribution in [3.05, 3.63) is 107 Å². The number of benzene rings is 3. The van der Waals surface area contributed by atoms with E-state index in [0.29, 0.717) is 12.8 Å². The molecule has 138 valence electrons. The van der Waals surface area contributed by atoms with E-state index in [-0.39, 0.29) is 11.9 Å². The van der Waals surface area contributed by atoms with Crippen LogP contribution in [-0.4, -0.2) is 23.1 Å². The fourth-order valence-corrected chi connectivity index (χ4v) is 4.09. The first-order valence-corrected chi connectivity index (χ1v) is 9.48. The molecule has 0 aromatic heterocycles. The van der Waals surface area contributed by atoms with Gasteiger partial charge in [-0.1, -0.05) is 72.8 Å². The lowest BCUT2D eigenvalue weighted by Gasteiger charge is -2.42. The molecule has 3 aromatic rings. The number of rotatable bonds is 4. The summed E-state index contributed by atoms with van der Waals surface area (Å²) in [4.78, 5) is 2.43. The zero-order chi connectivity index (χ0) is 18.7. The minimum atomic E-state index is -0.887. The number of likely N-dealkylation sites (tertiary alicyclic amines) is 1. The van der Waals surface area contributed by atoms with Crippen molar-refractivity contribution in [3.63, 3.8) is 0 Å². The van der Waals surface area contributed by atoms with Crippen molar-refractivity contribution in [3.8, 4) is 0 Å². The van der Waals surface area contributed by atoms with Gasteiger partial charge in [0, 0.05) is 13.1 Å². The molecule has 1 N–H and O–H groups in total. The van der Waals surface area contributed by atoms with E-state index in [0.717, 1.165) is 18.7 Å². The van der Waals surface area contributed by atoms with Crippen LogP contribution < -0.4 is 0 Å². The van der Waals surface area contributed by atoms with Crippen molar-refractivity contribution >= 4 is 0 Å². The minimum absolute atomic E-state index is 0.171. The predicted molar refractivity (Wildman–Crippen MR) is 106 cm³/mol. The molecular formula is C24H24FNO. The SMILES string of the molecule is OC1(c2ccc(F)cc2)CCN(C(c2ccccc2)c2ccccc2)CC1. The standard InChI is InChI=1S/C24H24FNO/c25-22-13-11-21(12-14-22)24(27)15-17-26(18-16-24)23(19-7-3-1-4-8-19)20-9-5-2-6-10-20/h1-14,23,27H,15-18H2. The van der Waals surface area contributed by atoms with Crippen molar-refractivity contribution in [1.82, 2.24) is 4.90 Å². The van der Waals surface area contributed by atoms with E-state index in [4.69, 9.17) is 0 Å². The van der Waals surface area contributed by atoms with Crippen LogP contribution in [0, 0.1) is 5.82 Å². The molecule has 0 unspecified atom stereocenters. The molecule has 0 amide bonds. The molecule has 3 aromatic carbocycles. The lowest BCUT2D eigenvalue weighted by atomic mass is 9.83. The second kappa shape index (κ2) is 7.63. The first kappa shape index (κ1) is 17.9. The fourth-order valence-electron chi connectivity index (χ4n) is 4.09. The average molecular weight is 361 g/mol. The van der Waals surface area contributed by atoms with Gasteiger partial charge in [-0.05, 0) is 41.7 Å². The van der Waals surface area contributed by atoms with Crippen LogP contribution in [0.2, 0.25) is 0 Å². The molecule has 0 bridgehead atoms. The summed E-state index contributed by atoms with van der Waals surface area (Å²) >= 11 is 0. The van der Waals surface area contributed by atoms with Crippen molar-refractivity contribution in [2.24, 2.45) is 0 Å². The number of halogens is 1. The Morgan fingerprint density at radius 3 is 1.70 bits per heavy atom. The van der Waals surface area contributed by atoms with Crippen LogP contribution >= 0.6 is 0 Å². The zero-order valence-corrected chi connectivity index (χ0v) is 15.3. The van der Waals surface area contributed by atoms with E-state index in [9.17, 15) is 9.50 Å². The zero-order valence-electron chi connectivity index (χ0n) is 15.3. The highest BCUT2D eigenvalue weighted by atomic mass is 19.1. The van der Waals surface area contributed by atoms with E-state index in [1.807, 2.05) is 12.1 Å². The van der Waals surface area contributed by atoms with E-state index in [1.54, 1.807) is 12.1 Å². The molecular weight excluding hydrogens is 337 g/mol. The molecule has 1 heterocycles. The monoisotopic (exact) mass is 361 g/mol. The number of piperidine rings is 1. The van der Waals surface area contributed by atoms with Gasteiger partial charge in [-0.3, -0.25) is 4.90 Å². The van der Waals surface area contributed by atoms with Gasteiger partial charge in [0.2, 0.25) is 0 Å². The lowest BCUT2D eigenvalue weighted by molar-refractivity contribution is -0.0325. The summed E-state index contributed by atoms with van der Waals surface area (Å²) in [5, 5.41) is 11.1. The van der Waals surface area contributed by atoms with Crippen LogP contribution in [0.15, 0.2) is 84.9 Å². The van der Waals surface area contributed by atoms with Crippen LogP contribution in [0.25, 0.3) is 0 Å². The van der Waals surface area contributed by atoms with Gasteiger partial charge >= 0.3 is 0 Å². The number of aliphatic hydroxyl groups is 1. The normalized spacial score (nSPS) is 17.1. The minimum Gasteiger partial charge on any atom is -0.385 e. The summed E-state index contributed by atoms with van der Waals surface area (Å²) in [5.74, 6) is -0.270. The molecule has 4 rings (SSSR count). The molecule has 1 aliphatic rings. The van der Waals surface area contributed by atoms with E-state index >= 15 is 0 Å². The van der Waals surface area contributed by atoms with Gasteiger partial charge in [0.1, 0.15) is 5.82 Å². The smallest absolute Gasteiger partial charge is 0.123 e. The molecule has 3 heteroatoms. The maximum absolute atomic E-state index is 13.2. The molecule has 0 aliphatic carbocycles. The fraction of sp³-hybridized carbons (Fsp3) is 0.250. The quantitative estimate of drug-likeness (QED) is 0.714. The third-order valence-electron chi connectivity index (χ3n) is 5.60. The highest BCUT2D eigenvalue weighted by molar-refractivity contribution is 5.32. The Morgan fingerprint density at radius 1 is 0.741 bits per heavy atom. The Bertz CT molecular complexity index is 816. The molecule has 0 spiro atoms. The highest BCUT2D eigenvalue weighted by Crippen LogP contribution is 2.38. The van der Waals surface area contributed by atoms with Gasteiger partial charge in [0.05, 0.1) is 11.6 Å². The summed E-state index contributed by atoms with van der Waals surface area (Å²) in [6.07, 6.45) is 1.27. The first-order valence-electron chi connectivity index (χ1n) is 9.48. The van der Waals surface area contributed by atoms with Crippen molar-refractivity contribution < 1.29 is 9.50 Å². The van der Waals surface area contributed by atoms with Crippen LogP contribution in [0.4, 0.5) is 4.39 Å². The number of nitrogens with zero attached hydrogens (tertiary/aromatic N) is 1. The van der Waals surface area contributed by atoms with E-state index in [2.05, 4.69) is 53.4 Å². The van der Waals surface area contributed by atoms with Gasteiger partial charge in [0.25, 0.3) is 0 Å². The number of hydrogen-bond donors (Lipinski definition) is 1. The second-order valence-electron chi connectivity index (χ2n) is 7.30. The topological polar surface area (TPSA) is 23.5 Å². The molecule has 0 saturated carbocycles. The third kappa shape index (κ3) is 3.80. The number of hydrogen-bond acceptors (Lipinski definition) is 2. The van der Waals surface area contributed by atoms with E-state index < -0.39 is 5.60 Å². The Hall–Kier alpha value is -2.49. The van der Waals surface area contributed by atoms with E-state index in [1.165, 1.54) is 23.3 Å². The van der Waals surface area contributed by atoms with Gasteiger partial charge in [-0.25, -0.2) is 4.39 Å². The molecule has 0 atom stereocenters. The summed E-state index contributed by atoms with van der Waals surface area (Å²) in [5.41, 5.74) is 2.44. The van der Waals surface area contributed by atoms with Gasteiger partial charge in [-0.15, -0.1) is 0 Å². The Morgan fingerprint density at radius 2 is 1.22 bits per heavy atom. The molecule has 2 nitrogen and oxygen atoms in total. The lowest BCUT2D eigenvalue weighted by Crippen LogP contribution is -2.44. The van der Waals surface area contributed by atoms with Crippen LogP contribution in [-0.2, 0) is 5.60 Å². The van der Waals surface area contributed by atoms with Crippen LogP contribution in [0.1, 0.15) is 35.6 Å². The van der Waals surface area contributed by atoms with Crippen molar-refractivity contribution in [2.45, 2.75) is 24.5 Å². The Labute approximate surface area is 159 Å². The third-order valence-corrected chi connectivity index (χ3v) is 5.60. The maximum Gasteiger partial charge on any atom is 0.123 e. The van der Waals surface area contributed by atoms with Crippen molar-refractivity contribution in [1.29, 1.82) is 0 Å². The Balaban J connectivity index is 1.58. The average Bonchev–Trinajstić information content (AvgIpc) is 2.72. The molecule has 27 heavy (non-hydrogen) atoms. The molecule has 1 aliphatic heterocycles. The first-order chi connectivity index (χ1) is 13.2. The van der Waals surface area contributed by atoms with Crippen molar-refractivity contribution in [2.75, 3.05) is 13.1 Å². The summed E-state index contributed by atoms with van der Waals surface area (Å²) in [6, 6.07) is 27.5. The van der Waals surface area contributed by atoms with Gasteiger partial charge in [0.15, 0.2) is 0 Å². The Kier molecular flexibility index (Phi) is 5.06. The summed E-state index contributed by atoms with van der Waals surface area (Å²) in [6.45, 7) is 1.56. The van der Waals surface area contributed by atoms with Gasteiger partial charge < -0.3 is 5.11 Å². The second-order valence-corrected chi connectivity index (χ2v) is 7.30. The largest absolute Gasteiger partial charge is 0.385 e. The summed E-state index contributed by atoms with van der Waals surface area (Å²) in [7, 11) is 0. The maximum atomic E-state index is 13.2. The van der Waals surface area contributed by atoms with Gasteiger partial charge in [-0.2, -0.15) is 0 Å². The van der Waals surface area contributed by atoms with Crippen LogP contribution in [0.5, 0.6) is 0 Å². The molecule has 1 fully saturated rings.